The van der Waals surface area contributed by atoms with Gasteiger partial charge in [0, 0.05) is 38.3 Å². The number of halogens is 1. The van der Waals surface area contributed by atoms with Crippen LogP contribution < -0.4 is 5.32 Å². The Kier molecular flexibility index (Phi) is 5.79. The number of piperazine rings is 1. The van der Waals surface area contributed by atoms with Gasteiger partial charge in [0.05, 0.1) is 5.69 Å². The summed E-state index contributed by atoms with van der Waals surface area (Å²) in [6.07, 6.45) is 2.73. The summed E-state index contributed by atoms with van der Waals surface area (Å²) in [5.41, 5.74) is 3.76. The molecule has 0 saturated carbocycles. The molecule has 0 radical (unpaired) electrons. The zero-order valence-electron chi connectivity index (χ0n) is 12.3. The number of hydrogen-bond acceptors (Lipinski definition) is 4. The third-order valence-corrected chi connectivity index (χ3v) is 3.98. The molecule has 5 heteroatoms. The van der Waals surface area contributed by atoms with Crippen LogP contribution in [0, 0.1) is 0 Å². The lowest BCUT2D eigenvalue weighted by atomic mass is 10.0. The van der Waals surface area contributed by atoms with Gasteiger partial charge in [-0.05, 0) is 17.5 Å². The highest BCUT2D eigenvalue weighted by Gasteiger charge is 2.24. The predicted molar refractivity (Wildman–Crippen MR) is 85.6 cm³/mol. The van der Waals surface area contributed by atoms with Crippen LogP contribution in [0.25, 0.3) is 0 Å². The van der Waals surface area contributed by atoms with Gasteiger partial charge in [0.25, 0.3) is 0 Å². The first-order valence-corrected chi connectivity index (χ1v) is 7.29. The third-order valence-electron chi connectivity index (χ3n) is 3.98. The Bertz CT molecular complexity index is 527. The van der Waals surface area contributed by atoms with E-state index in [0.717, 1.165) is 38.3 Å². The number of nitrogens with one attached hydrogen (secondary N) is 1. The fraction of sp³-hybridized carbons (Fsp3) is 0.438. The summed E-state index contributed by atoms with van der Waals surface area (Å²) in [4.78, 5) is 2.47. The number of nitrogens with zero attached hydrogens (tertiary/aromatic N) is 2. The van der Waals surface area contributed by atoms with E-state index >= 15 is 0 Å². The van der Waals surface area contributed by atoms with E-state index in [9.17, 15) is 0 Å². The summed E-state index contributed by atoms with van der Waals surface area (Å²) in [6, 6.07) is 11.3. The molecule has 0 aliphatic carbocycles. The van der Waals surface area contributed by atoms with E-state index in [1.807, 2.05) is 6.07 Å². The molecule has 0 bridgehead atoms. The number of benzene rings is 1. The van der Waals surface area contributed by atoms with E-state index in [2.05, 4.69) is 46.6 Å². The number of rotatable bonds is 4. The Morgan fingerprint density at radius 1 is 1.29 bits per heavy atom. The first-order chi connectivity index (χ1) is 9.86. The average molecular weight is 308 g/mol. The Balaban J connectivity index is 0.00000161. The molecule has 114 valence electrons. The van der Waals surface area contributed by atoms with E-state index in [4.69, 9.17) is 4.52 Å². The molecular weight excluding hydrogens is 286 g/mol. The van der Waals surface area contributed by atoms with Crippen molar-refractivity contribution >= 4 is 12.4 Å². The van der Waals surface area contributed by atoms with Crippen molar-refractivity contribution in [2.24, 2.45) is 0 Å². The molecule has 1 aliphatic heterocycles. The van der Waals surface area contributed by atoms with Gasteiger partial charge >= 0.3 is 0 Å². The highest BCUT2D eigenvalue weighted by atomic mass is 35.5. The van der Waals surface area contributed by atoms with Crippen LogP contribution in [0.2, 0.25) is 0 Å². The van der Waals surface area contributed by atoms with Crippen molar-refractivity contribution in [1.29, 1.82) is 0 Å². The zero-order chi connectivity index (χ0) is 13.8. The van der Waals surface area contributed by atoms with E-state index in [1.54, 1.807) is 6.26 Å². The second-order valence-corrected chi connectivity index (χ2v) is 5.28. The molecule has 4 nitrogen and oxygen atoms in total. The Labute approximate surface area is 131 Å². The molecule has 1 N–H and O–H groups in total. The van der Waals surface area contributed by atoms with E-state index < -0.39 is 0 Å². The van der Waals surface area contributed by atoms with Crippen molar-refractivity contribution in [1.82, 2.24) is 15.4 Å². The van der Waals surface area contributed by atoms with Crippen molar-refractivity contribution in [3.63, 3.8) is 0 Å². The van der Waals surface area contributed by atoms with Crippen LogP contribution >= 0.6 is 12.4 Å². The highest BCUT2D eigenvalue weighted by Crippen LogP contribution is 2.24. The maximum Gasteiger partial charge on any atom is 0.124 e. The molecule has 2 aromatic rings. The van der Waals surface area contributed by atoms with Crippen molar-refractivity contribution in [2.45, 2.75) is 25.9 Å². The van der Waals surface area contributed by atoms with Gasteiger partial charge in [-0.1, -0.05) is 36.3 Å². The first kappa shape index (κ1) is 16.0. The first-order valence-electron chi connectivity index (χ1n) is 7.29. The molecule has 21 heavy (non-hydrogen) atoms. The molecule has 1 atom stereocenters. The van der Waals surface area contributed by atoms with Gasteiger partial charge in [0.15, 0.2) is 0 Å². The maximum atomic E-state index is 4.93. The summed E-state index contributed by atoms with van der Waals surface area (Å²) in [5.74, 6) is 0. The summed E-state index contributed by atoms with van der Waals surface area (Å²) in [6.45, 7) is 6.09. The van der Waals surface area contributed by atoms with Gasteiger partial charge in [-0.15, -0.1) is 12.4 Å². The van der Waals surface area contributed by atoms with Crippen LogP contribution in [-0.4, -0.2) is 29.7 Å². The third kappa shape index (κ3) is 3.84. The summed E-state index contributed by atoms with van der Waals surface area (Å²) in [5, 5.41) is 7.51. The van der Waals surface area contributed by atoms with Crippen LogP contribution in [0.3, 0.4) is 0 Å². The zero-order valence-corrected chi connectivity index (χ0v) is 13.1. The lowest BCUT2D eigenvalue weighted by Crippen LogP contribution is -2.45. The second kappa shape index (κ2) is 7.59. The molecule has 3 rings (SSSR count). The second-order valence-electron chi connectivity index (χ2n) is 5.28. The van der Waals surface area contributed by atoms with Gasteiger partial charge in [-0.2, -0.15) is 0 Å². The van der Waals surface area contributed by atoms with E-state index in [-0.39, 0.29) is 12.4 Å². The molecule has 1 aromatic carbocycles. The van der Waals surface area contributed by atoms with Crippen LogP contribution in [-0.2, 0) is 13.0 Å². The fourth-order valence-electron chi connectivity index (χ4n) is 2.77. The van der Waals surface area contributed by atoms with Gasteiger partial charge in [0.2, 0.25) is 0 Å². The topological polar surface area (TPSA) is 41.3 Å². The molecule has 1 fully saturated rings. The van der Waals surface area contributed by atoms with Crippen molar-refractivity contribution in [3.8, 4) is 0 Å². The molecule has 1 unspecified atom stereocenters. The molecule has 2 heterocycles. The summed E-state index contributed by atoms with van der Waals surface area (Å²) >= 11 is 0. The lowest BCUT2D eigenvalue weighted by Gasteiger charge is -2.36. The predicted octanol–water partition coefficient (Wildman–Crippen LogP) is 2.81. The largest absolute Gasteiger partial charge is 0.364 e. The normalized spacial score (nSPS) is 19.2. The standard InChI is InChI=1S/C16H21N3O.ClH/c1-2-13-3-5-14(6-4-13)16-11-17-8-9-19(16)12-15-7-10-20-18-15;/h3-7,10,16-17H,2,8-9,11-12H2,1H3;1H. The SMILES string of the molecule is CCc1ccc(C2CNCCN2Cc2ccon2)cc1.Cl. The van der Waals surface area contributed by atoms with Gasteiger partial charge in [0.1, 0.15) is 6.26 Å². The van der Waals surface area contributed by atoms with Crippen molar-refractivity contribution in [2.75, 3.05) is 19.6 Å². The van der Waals surface area contributed by atoms with Crippen molar-refractivity contribution < 1.29 is 4.52 Å². The Hall–Kier alpha value is -1.36. The Morgan fingerprint density at radius 2 is 2.10 bits per heavy atom. The fourth-order valence-corrected chi connectivity index (χ4v) is 2.77. The Morgan fingerprint density at radius 3 is 2.76 bits per heavy atom. The number of hydrogen-bond donors (Lipinski definition) is 1. The summed E-state index contributed by atoms with van der Waals surface area (Å²) in [7, 11) is 0. The van der Waals surface area contributed by atoms with Gasteiger partial charge < -0.3 is 9.84 Å². The molecule has 0 spiro atoms. The molecule has 1 aromatic heterocycles. The van der Waals surface area contributed by atoms with E-state index in [0.29, 0.717) is 6.04 Å². The molecular formula is C16H22ClN3O. The maximum absolute atomic E-state index is 4.93. The minimum atomic E-state index is 0. The molecule has 1 saturated heterocycles. The average Bonchev–Trinajstić information content (AvgIpc) is 3.01. The number of aryl methyl sites for hydroxylation is 1. The quantitative estimate of drug-likeness (QED) is 0.943. The van der Waals surface area contributed by atoms with Gasteiger partial charge in [-0.3, -0.25) is 4.90 Å². The van der Waals surface area contributed by atoms with Crippen LogP contribution in [0.5, 0.6) is 0 Å². The lowest BCUT2D eigenvalue weighted by molar-refractivity contribution is 0.150. The van der Waals surface area contributed by atoms with Crippen molar-refractivity contribution in [3.05, 3.63) is 53.4 Å². The smallest absolute Gasteiger partial charge is 0.124 e. The molecule has 0 amide bonds. The van der Waals surface area contributed by atoms with Crippen LogP contribution in [0.4, 0.5) is 0 Å². The minimum absolute atomic E-state index is 0. The number of aromatic nitrogens is 1. The summed E-state index contributed by atoms with van der Waals surface area (Å²) < 4.78 is 4.93. The van der Waals surface area contributed by atoms with E-state index in [1.165, 1.54) is 11.1 Å². The minimum Gasteiger partial charge on any atom is -0.364 e. The highest BCUT2D eigenvalue weighted by molar-refractivity contribution is 5.85. The van der Waals surface area contributed by atoms with Crippen LogP contribution in [0.15, 0.2) is 41.1 Å². The van der Waals surface area contributed by atoms with Crippen LogP contribution in [0.1, 0.15) is 29.8 Å². The molecule has 1 aliphatic rings. The van der Waals surface area contributed by atoms with Gasteiger partial charge in [-0.25, -0.2) is 0 Å². The monoisotopic (exact) mass is 307 g/mol.